The first-order chi connectivity index (χ1) is 8.49. The molecule has 0 amide bonds. The number of hydrogen-bond donors (Lipinski definition) is 2. The van der Waals surface area contributed by atoms with E-state index in [-0.39, 0.29) is 37.9 Å². The molecule has 0 atom stereocenters. The minimum Gasteiger partial charge on any atom is -0.480 e. The van der Waals surface area contributed by atoms with Crippen LogP contribution in [0.25, 0.3) is 0 Å². The number of rotatable bonds is 11. The number of aliphatic carboxylic acids is 2. The summed E-state index contributed by atoms with van der Waals surface area (Å²) in [6, 6.07) is 0. The number of hydrogen-bond acceptors (Lipinski definition) is 4. The van der Waals surface area contributed by atoms with Crippen LogP contribution in [0, 0.1) is 0 Å². The Labute approximate surface area is 140 Å². The van der Waals surface area contributed by atoms with Gasteiger partial charge in [-0.15, -0.1) is 48.0 Å². The third-order valence-corrected chi connectivity index (χ3v) is 2.59. The molecule has 10 heteroatoms. The van der Waals surface area contributed by atoms with Gasteiger partial charge in [0, 0.05) is 37.9 Å². The maximum Gasteiger partial charge on any atom is 0.317 e. The third-order valence-electron chi connectivity index (χ3n) is 2.25. The van der Waals surface area contributed by atoms with E-state index >= 15 is 0 Å². The van der Waals surface area contributed by atoms with Gasteiger partial charge in [-0.25, -0.2) is 0 Å². The Morgan fingerprint density at radius 3 is 1.40 bits per heavy atom. The smallest absolute Gasteiger partial charge is 0.317 e. The first-order valence-electron chi connectivity index (χ1n) is 5.49. The van der Waals surface area contributed by atoms with Gasteiger partial charge in [0.05, 0.1) is 13.1 Å². The van der Waals surface area contributed by atoms with Crippen LogP contribution in [0.2, 0.25) is 0 Å². The molecule has 0 bridgehead atoms. The molecule has 20 heavy (non-hydrogen) atoms. The molecule has 0 aromatic carbocycles. The molecular formula is C10H20Cl4N2O4. The van der Waals surface area contributed by atoms with E-state index < -0.39 is 11.9 Å². The Hall–Kier alpha value is 0.0200. The molecule has 0 aliphatic heterocycles. The molecule has 0 aromatic rings. The van der Waals surface area contributed by atoms with Gasteiger partial charge in [-0.05, 0) is 0 Å². The summed E-state index contributed by atoms with van der Waals surface area (Å²) < 4.78 is 0. The highest BCUT2D eigenvalue weighted by atomic mass is 35.5. The van der Waals surface area contributed by atoms with Crippen molar-refractivity contribution in [3.8, 4) is 0 Å². The van der Waals surface area contributed by atoms with E-state index in [9.17, 15) is 9.59 Å². The van der Waals surface area contributed by atoms with Gasteiger partial charge in [0.25, 0.3) is 0 Å². The van der Waals surface area contributed by atoms with Crippen molar-refractivity contribution in [1.82, 2.24) is 9.80 Å². The van der Waals surface area contributed by atoms with Crippen LogP contribution in [0.1, 0.15) is 0 Å². The van der Waals surface area contributed by atoms with E-state index in [0.717, 1.165) is 0 Å². The molecule has 0 spiro atoms. The summed E-state index contributed by atoms with van der Waals surface area (Å²) in [5.41, 5.74) is 0. The first-order valence-corrected chi connectivity index (χ1v) is 6.56. The number of alkyl halides is 2. The van der Waals surface area contributed by atoms with Crippen LogP contribution < -0.4 is 0 Å². The summed E-state index contributed by atoms with van der Waals surface area (Å²) >= 11 is 11.3. The van der Waals surface area contributed by atoms with Gasteiger partial charge >= 0.3 is 11.9 Å². The third kappa shape index (κ3) is 14.4. The molecular weight excluding hydrogens is 354 g/mol. The van der Waals surface area contributed by atoms with Crippen LogP contribution in [0.4, 0.5) is 0 Å². The van der Waals surface area contributed by atoms with Crippen LogP contribution in [0.3, 0.4) is 0 Å². The summed E-state index contributed by atoms with van der Waals surface area (Å²) in [5, 5.41) is 17.4. The highest BCUT2D eigenvalue weighted by Gasteiger charge is 2.14. The molecule has 0 unspecified atom stereocenters. The molecule has 0 fully saturated rings. The molecule has 0 saturated carbocycles. The van der Waals surface area contributed by atoms with Crippen LogP contribution in [0.15, 0.2) is 0 Å². The molecule has 0 aliphatic rings. The second kappa shape index (κ2) is 15.4. The zero-order valence-corrected chi connectivity index (χ0v) is 14.0. The van der Waals surface area contributed by atoms with Gasteiger partial charge in [-0.3, -0.25) is 19.4 Å². The fourth-order valence-corrected chi connectivity index (χ4v) is 1.93. The van der Waals surface area contributed by atoms with Crippen LogP contribution in [-0.2, 0) is 9.59 Å². The molecule has 0 saturated heterocycles. The van der Waals surface area contributed by atoms with Crippen molar-refractivity contribution in [2.75, 3.05) is 51.0 Å². The Kier molecular flexibility index (Phi) is 19.3. The van der Waals surface area contributed by atoms with E-state index in [0.29, 0.717) is 37.9 Å². The van der Waals surface area contributed by atoms with Crippen molar-refractivity contribution in [2.24, 2.45) is 0 Å². The van der Waals surface area contributed by atoms with E-state index in [4.69, 9.17) is 33.4 Å². The van der Waals surface area contributed by atoms with Crippen LogP contribution in [-0.4, -0.2) is 83.0 Å². The molecule has 0 radical (unpaired) electrons. The molecule has 0 aromatic heterocycles. The fourth-order valence-electron chi connectivity index (χ4n) is 1.45. The van der Waals surface area contributed by atoms with E-state index in [2.05, 4.69) is 0 Å². The summed E-state index contributed by atoms with van der Waals surface area (Å²) in [7, 11) is 0. The molecule has 0 rings (SSSR count). The lowest BCUT2D eigenvalue weighted by atomic mass is 10.4. The first kappa shape index (κ1) is 25.0. The van der Waals surface area contributed by atoms with Gasteiger partial charge in [0.2, 0.25) is 0 Å². The highest BCUT2D eigenvalue weighted by molar-refractivity contribution is 6.18. The summed E-state index contributed by atoms with van der Waals surface area (Å²) in [4.78, 5) is 24.5. The number of carboxylic acids is 2. The number of halogens is 4. The van der Waals surface area contributed by atoms with Gasteiger partial charge in [0.15, 0.2) is 0 Å². The van der Waals surface area contributed by atoms with Gasteiger partial charge < -0.3 is 10.2 Å². The maximum absolute atomic E-state index is 10.6. The molecule has 6 nitrogen and oxygen atoms in total. The lowest BCUT2D eigenvalue weighted by molar-refractivity contribution is -0.141. The van der Waals surface area contributed by atoms with Gasteiger partial charge in [0.1, 0.15) is 0 Å². The van der Waals surface area contributed by atoms with E-state index in [1.165, 1.54) is 4.90 Å². The van der Waals surface area contributed by atoms with Crippen molar-refractivity contribution in [3.05, 3.63) is 0 Å². The average molecular weight is 374 g/mol. The maximum atomic E-state index is 10.6. The molecule has 122 valence electrons. The Morgan fingerprint density at radius 2 is 1.10 bits per heavy atom. The Bertz CT molecular complexity index is 250. The summed E-state index contributed by atoms with van der Waals surface area (Å²) in [5.74, 6) is -1.18. The lowest BCUT2D eigenvalue weighted by Crippen LogP contribution is -2.41. The predicted octanol–water partition coefficient (Wildman–Crippen LogP) is 1.08. The fraction of sp³-hybridized carbons (Fsp3) is 0.800. The van der Waals surface area contributed by atoms with Gasteiger partial charge in [-0.1, -0.05) is 0 Å². The lowest BCUT2D eigenvalue weighted by Gasteiger charge is -2.24. The molecule has 0 heterocycles. The molecule has 0 aliphatic carbocycles. The summed E-state index contributed by atoms with van der Waals surface area (Å²) in [6.45, 7) is 1.60. The van der Waals surface area contributed by atoms with Crippen LogP contribution >= 0.6 is 48.0 Å². The summed E-state index contributed by atoms with van der Waals surface area (Å²) in [6.07, 6.45) is 0. The van der Waals surface area contributed by atoms with E-state index in [1.807, 2.05) is 4.90 Å². The van der Waals surface area contributed by atoms with Crippen molar-refractivity contribution in [3.63, 3.8) is 0 Å². The molecule has 2 N–H and O–H groups in total. The van der Waals surface area contributed by atoms with Crippen LogP contribution in [0.5, 0.6) is 0 Å². The largest absolute Gasteiger partial charge is 0.480 e. The van der Waals surface area contributed by atoms with Crippen molar-refractivity contribution < 1.29 is 19.8 Å². The van der Waals surface area contributed by atoms with E-state index in [1.54, 1.807) is 0 Å². The zero-order valence-electron chi connectivity index (χ0n) is 10.8. The zero-order chi connectivity index (χ0) is 14.0. The number of carbonyl (C=O) groups is 2. The van der Waals surface area contributed by atoms with Crippen molar-refractivity contribution in [1.29, 1.82) is 0 Å². The number of carboxylic acid groups (broad SMARTS) is 2. The number of nitrogens with zero attached hydrogens (tertiary/aromatic N) is 2. The quantitative estimate of drug-likeness (QED) is 0.527. The second-order valence-electron chi connectivity index (χ2n) is 3.72. The Balaban J connectivity index is -0.00000144. The van der Waals surface area contributed by atoms with Crippen molar-refractivity contribution >= 4 is 60.0 Å². The Morgan fingerprint density at radius 1 is 0.750 bits per heavy atom. The SMILES string of the molecule is Cl.Cl.O=C(O)CN(CCN(CCCl)CCCl)CC(=O)O. The standard InChI is InChI=1S/C10H18Cl2N2O4.2ClH/c11-1-3-13(4-2-12)5-6-14(7-9(15)16)8-10(17)18;;/h1-8H2,(H,15,16)(H,17,18);2*1H. The minimum atomic E-state index is -1.04. The normalized spacial score (nSPS) is 10.0. The second-order valence-corrected chi connectivity index (χ2v) is 4.47. The highest BCUT2D eigenvalue weighted by Crippen LogP contribution is 1.95. The topological polar surface area (TPSA) is 81.1 Å². The average Bonchev–Trinajstić information content (AvgIpc) is 2.24. The monoisotopic (exact) mass is 372 g/mol. The van der Waals surface area contributed by atoms with Gasteiger partial charge in [-0.2, -0.15) is 0 Å². The minimum absolute atomic E-state index is 0. The van der Waals surface area contributed by atoms with Crippen molar-refractivity contribution in [2.45, 2.75) is 0 Å². The predicted molar refractivity (Wildman–Crippen MR) is 84.1 cm³/mol.